The smallest absolute Gasteiger partial charge is 0.123 e. The lowest BCUT2D eigenvalue weighted by molar-refractivity contribution is 0.177. The fourth-order valence-corrected chi connectivity index (χ4v) is 2.59. The van der Waals surface area contributed by atoms with Crippen molar-refractivity contribution < 1.29 is 9.50 Å². The van der Waals surface area contributed by atoms with Gasteiger partial charge in [0.25, 0.3) is 0 Å². The molecule has 2 nitrogen and oxygen atoms in total. The summed E-state index contributed by atoms with van der Waals surface area (Å²) in [5, 5.41) is 13.0. The van der Waals surface area contributed by atoms with E-state index in [4.69, 9.17) is 0 Å². The lowest BCUT2D eigenvalue weighted by Gasteiger charge is -2.12. The van der Waals surface area contributed by atoms with Gasteiger partial charge in [0.2, 0.25) is 0 Å². The first-order chi connectivity index (χ1) is 8.06. The van der Waals surface area contributed by atoms with Crippen LogP contribution in [0, 0.1) is 19.7 Å². The molecular formula is C13H14FNOS. The maximum Gasteiger partial charge on any atom is 0.123 e. The van der Waals surface area contributed by atoms with Gasteiger partial charge in [0.05, 0.1) is 11.1 Å². The number of hydrogen-bond donors (Lipinski definition) is 1. The third-order valence-electron chi connectivity index (χ3n) is 2.63. The van der Waals surface area contributed by atoms with Crippen molar-refractivity contribution in [1.29, 1.82) is 0 Å². The second kappa shape index (κ2) is 4.94. The first kappa shape index (κ1) is 12.2. The molecule has 0 aliphatic rings. The quantitative estimate of drug-likeness (QED) is 0.909. The second-order valence-corrected chi connectivity index (χ2v) is 5.05. The maximum atomic E-state index is 12.9. The predicted molar refractivity (Wildman–Crippen MR) is 66.7 cm³/mol. The number of hydrogen-bond acceptors (Lipinski definition) is 3. The SMILES string of the molecule is Cc1csc(CC(O)c2ccc(F)cc2C)n1. The topological polar surface area (TPSA) is 33.1 Å². The summed E-state index contributed by atoms with van der Waals surface area (Å²) in [6.07, 6.45) is -0.147. The molecule has 1 heterocycles. The summed E-state index contributed by atoms with van der Waals surface area (Å²) in [5.74, 6) is -0.274. The van der Waals surface area contributed by atoms with Crippen LogP contribution in [0.2, 0.25) is 0 Å². The number of thiazole rings is 1. The monoisotopic (exact) mass is 251 g/mol. The van der Waals surface area contributed by atoms with Gasteiger partial charge in [0, 0.05) is 17.5 Å². The fourth-order valence-electron chi connectivity index (χ4n) is 1.78. The molecular weight excluding hydrogens is 237 g/mol. The van der Waals surface area contributed by atoms with Crippen molar-refractivity contribution in [2.75, 3.05) is 0 Å². The molecule has 1 N–H and O–H groups in total. The average Bonchev–Trinajstić information content (AvgIpc) is 2.63. The molecule has 0 saturated heterocycles. The van der Waals surface area contributed by atoms with Crippen LogP contribution >= 0.6 is 11.3 Å². The molecule has 1 aromatic heterocycles. The van der Waals surface area contributed by atoms with E-state index in [1.807, 2.05) is 12.3 Å². The summed E-state index contributed by atoms with van der Waals surface area (Å²) in [6, 6.07) is 4.44. The highest BCUT2D eigenvalue weighted by Gasteiger charge is 2.13. The number of rotatable bonds is 3. The van der Waals surface area contributed by atoms with Crippen LogP contribution in [-0.2, 0) is 6.42 Å². The van der Waals surface area contributed by atoms with E-state index in [1.54, 1.807) is 13.0 Å². The maximum absolute atomic E-state index is 12.9. The molecule has 0 spiro atoms. The predicted octanol–water partition coefficient (Wildman–Crippen LogP) is 3.18. The van der Waals surface area contributed by atoms with Crippen molar-refractivity contribution in [3.8, 4) is 0 Å². The Hall–Kier alpha value is -1.26. The van der Waals surface area contributed by atoms with Gasteiger partial charge < -0.3 is 5.11 Å². The third kappa shape index (κ3) is 2.90. The minimum Gasteiger partial charge on any atom is -0.388 e. The Kier molecular flexibility index (Phi) is 3.54. The van der Waals surface area contributed by atoms with Crippen LogP contribution in [0.1, 0.15) is 27.9 Å². The second-order valence-electron chi connectivity index (χ2n) is 4.10. The van der Waals surface area contributed by atoms with Gasteiger partial charge in [0.1, 0.15) is 5.82 Å². The van der Waals surface area contributed by atoms with E-state index >= 15 is 0 Å². The van der Waals surface area contributed by atoms with E-state index < -0.39 is 6.10 Å². The molecule has 0 aliphatic carbocycles. The van der Waals surface area contributed by atoms with Crippen LogP contribution in [0.3, 0.4) is 0 Å². The van der Waals surface area contributed by atoms with Gasteiger partial charge in [-0.15, -0.1) is 11.3 Å². The highest BCUT2D eigenvalue weighted by Crippen LogP contribution is 2.23. The van der Waals surface area contributed by atoms with Crippen LogP contribution in [-0.4, -0.2) is 10.1 Å². The zero-order valence-corrected chi connectivity index (χ0v) is 10.6. The molecule has 0 saturated carbocycles. The Balaban J connectivity index is 2.17. The Labute approximate surface area is 104 Å². The highest BCUT2D eigenvalue weighted by molar-refractivity contribution is 7.09. The van der Waals surface area contributed by atoms with Gasteiger partial charge in [-0.3, -0.25) is 0 Å². The van der Waals surface area contributed by atoms with Crippen molar-refractivity contribution in [2.24, 2.45) is 0 Å². The van der Waals surface area contributed by atoms with Crippen molar-refractivity contribution in [1.82, 2.24) is 4.98 Å². The molecule has 90 valence electrons. The Morgan fingerprint density at radius 3 is 2.76 bits per heavy atom. The molecule has 0 bridgehead atoms. The minimum absolute atomic E-state index is 0.274. The van der Waals surface area contributed by atoms with E-state index in [0.717, 1.165) is 21.8 Å². The summed E-state index contributed by atoms with van der Waals surface area (Å²) in [5.41, 5.74) is 2.50. The summed E-state index contributed by atoms with van der Waals surface area (Å²) in [7, 11) is 0. The van der Waals surface area contributed by atoms with Crippen LogP contribution in [0.25, 0.3) is 0 Å². The van der Waals surface area contributed by atoms with Crippen LogP contribution in [0.4, 0.5) is 4.39 Å². The summed E-state index contributed by atoms with van der Waals surface area (Å²) in [6.45, 7) is 3.73. The van der Waals surface area contributed by atoms with Gasteiger partial charge >= 0.3 is 0 Å². The van der Waals surface area contributed by atoms with E-state index in [0.29, 0.717) is 6.42 Å². The van der Waals surface area contributed by atoms with Gasteiger partial charge in [-0.05, 0) is 37.1 Å². The first-order valence-electron chi connectivity index (χ1n) is 5.41. The van der Waals surface area contributed by atoms with Gasteiger partial charge in [-0.25, -0.2) is 9.37 Å². The average molecular weight is 251 g/mol. The third-order valence-corrected chi connectivity index (χ3v) is 3.61. The standard InChI is InChI=1S/C13H14FNOS/c1-8-5-10(14)3-4-11(8)12(16)6-13-15-9(2)7-17-13/h3-5,7,12,16H,6H2,1-2H3. The molecule has 1 atom stereocenters. The summed E-state index contributed by atoms with van der Waals surface area (Å²) < 4.78 is 12.9. The van der Waals surface area contributed by atoms with E-state index in [9.17, 15) is 9.50 Å². The number of aliphatic hydroxyl groups excluding tert-OH is 1. The van der Waals surface area contributed by atoms with Gasteiger partial charge in [-0.2, -0.15) is 0 Å². The molecule has 0 radical (unpaired) electrons. The Bertz CT molecular complexity index is 524. The molecule has 0 aliphatic heterocycles. The number of halogens is 1. The molecule has 2 aromatic rings. The van der Waals surface area contributed by atoms with Crippen molar-refractivity contribution in [2.45, 2.75) is 26.4 Å². The zero-order chi connectivity index (χ0) is 12.4. The van der Waals surface area contributed by atoms with Crippen molar-refractivity contribution in [3.63, 3.8) is 0 Å². The lowest BCUT2D eigenvalue weighted by atomic mass is 10.0. The molecule has 1 unspecified atom stereocenters. The molecule has 17 heavy (non-hydrogen) atoms. The Morgan fingerprint density at radius 1 is 1.41 bits per heavy atom. The van der Waals surface area contributed by atoms with E-state index in [2.05, 4.69) is 4.98 Å². The molecule has 2 rings (SSSR count). The zero-order valence-electron chi connectivity index (χ0n) is 9.77. The van der Waals surface area contributed by atoms with Crippen LogP contribution < -0.4 is 0 Å². The normalized spacial score (nSPS) is 12.7. The minimum atomic E-state index is -0.624. The van der Waals surface area contributed by atoms with Crippen LogP contribution in [0.5, 0.6) is 0 Å². The molecule has 0 fully saturated rings. The van der Waals surface area contributed by atoms with Crippen molar-refractivity contribution in [3.05, 3.63) is 51.2 Å². The highest BCUT2D eigenvalue weighted by atomic mass is 32.1. The summed E-state index contributed by atoms with van der Waals surface area (Å²) >= 11 is 1.54. The molecule has 0 amide bonds. The van der Waals surface area contributed by atoms with E-state index in [1.165, 1.54) is 23.5 Å². The Morgan fingerprint density at radius 2 is 2.18 bits per heavy atom. The number of benzene rings is 1. The lowest BCUT2D eigenvalue weighted by Crippen LogP contribution is -2.04. The van der Waals surface area contributed by atoms with Crippen LogP contribution in [0.15, 0.2) is 23.6 Å². The number of aromatic nitrogens is 1. The molecule has 4 heteroatoms. The van der Waals surface area contributed by atoms with Crippen molar-refractivity contribution >= 4 is 11.3 Å². The number of aryl methyl sites for hydroxylation is 2. The van der Waals surface area contributed by atoms with Gasteiger partial charge in [-0.1, -0.05) is 6.07 Å². The summed E-state index contributed by atoms with van der Waals surface area (Å²) in [4.78, 5) is 4.31. The van der Waals surface area contributed by atoms with Gasteiger partial charge in [0.15, 0.2) is 0 Å². The largest absolute Gasteiger partial charge is 0.388 e. The number of nitrogens with zero attached hydrogens (tertiary/aromatic N) is 1. The fraction of sp³-hybridized carbons (Fsp3) is 0.308. The molecule has 1 aromatic carbocycles. The first-order valence-corrected chi connectivity index (χ1v) is 6.29. The number of aliphatic hydroxyl groups is 1. The van der Waals surface area contributed by atoms with E-state index in [-0.39, 0.29) is 5.82 Å².